The Balaban J connectivity index is 2.33. The summed E-state index contributed by atoms with van der Waals surface area (Å²) in [7, 11) is 1.78. The molecule has 1 aromatic carbocycles. The Morgan fingerprint density at radius 1 is 1.14 bits per heavy atom. The predicted octanol–water partition coefficient (Wildman–Crippen LogP) is 4.59. The van der Waals surface area contributed by atoms with Gasteiger partial charge >= 0.3 is 0 Å². The maximum Gasteiger partial charge on any atom is 0.122 e. The second-order valence-electron chi connectivity index (χ2n) is 6.91. The molecule has 1 fully saturated rings. The highest BCUT2D eigenvalue weighted by Gasteiger charge is 2.33. The summed E-state index contributed by atoms with van der Waals surface area (Å²) in [6, 6.07) is 7.36. The number of aryl methyl sites for hydroxylation is 1. The first-order chi connectivity index (χ1) is 10.1. The summed E-state index contributed by atoms with van der Waals surface area (Å²) in [6.07, 6.45) is 8.03. The Labute approximate surface area is 130 Å². The van der Waals surface area contributed by atoms with E-state index in [-0.39, 0.29) is 5.41 Å². The van der Waals surface area contributed by atoms with E-state index >= 15 is 0 Å². The van der Waals surface area contributed by atoms with Crippen LogP contribution in [-0.2, 0) is 5.41 Å². The molecule has 0 saturated heterocycles. The molecule has 0 heterocycles. The van der Waals surface area contributed by atoms with Crippen molar-refractivity contribution in [3.8, 4) is 5.75 Å². The van der Waals surface area contributed by atoms with Crippen LogP contribution in [0.25, 0.3) is 0 Å². The van der Waals surface area contributed by atoms with Gasteiger partial charge in [-0.2, -0.15) is 0 Å². The highest BCUT2D eigenvalue weighted by atomic mass is 16.5. The van der Waals surface area contributed by atoms with Crippen molar-refractivity contribution in [1.29, 1.82) is 0 Å². The summed E-state index contributed by atoms with van der Waals surface area (Å²) in [4.78, 5) is 0. The van der Waals surface area contributed by atoms with Crippen LogP contribution < -0.4 is 10.1 Å². The monoisotopic (exact) mass is 289 g/mol. The number of nitrogens with one attached hydrogen (secondary N) is 1. The van der Waals surface area contributed by atoms with Gasteiger partial charge in [0.05, 0.1) is 7.11 Å². The molecule has 1 aromatic rings. The average Bonchev–Trinajstić information content (AvgIpc) is 2.72. The Hall–Kier alpha value is -1.02. The SMILES string of the molecule is COc1cc(C2(CNC(C)C)CCCCCC2)ccc1C. The molecule has 118 valence electrons. The number of rotatable bonds is 5. The molecule has 2 heteroatoms. The van der Waals surface area contributed by atoms with Crippen molar-refractivity contribution in [2.45, 2.75) is 70.8 Å². The van der Waals surface area contributed by atoms with E-state index in [1.807, 2.05) is 0 Å². The van der Waals surface area contributed by atoms with Gasteiger partial charge < -0.3 is 10.1 Å². The largest absolute Gasteiger partial charge is 0.496 e. The van der Waals surface area contributed by atoms with Crippen molar-refractivity contribution in [2.75, 3.05) is 13.7 Å². The Morgan fingerprint density at radius 2 is 1.81 bits per heavy atom. The molecular weight excluding hydrogens is 258 g/mol. The topological polar surface area (TPSA) is 21.3 Å². The molecule has 1 aliphatic carbocycles. The van der Waals surface area contributed by atoms with Crippen molar-refractivity contribution in [3.05, 3.63) is 29.3 Å². The van der Waals surface area contributed by atoms with E-state index in [1.54, 1.807) is 7.11 Å². The summed E-state index contributed by atoms with van der Waals surface area (Å²) in [5.74, 6) is 1.03. The Kier molecular flexibility index (Phi) is 5.69. The van der Waals surface area contributed by atoms with E-state index in [4.69, 9.17) is 4.74 Å². The van der Waals surface area contributed by atoms with Gasteiger partial charge in [0.1, 0.15) is 5.75 Å². The van der Waals surface area contributed by atoms with Crippen LogP contribution in [0.4, 0.5) is 0 Å². The molecular formula is C19H31NO. The van der Waals surface area contributed by atoms with Crippen molar-refractivity contribution < 1.29 is 4.74 Å². The zero-order valence-electron chi connectivity index (χ0n) is 14.2. The van der Waals surface area contributed by atoms with Gasteiger partial charge in [-0.3, -0.25) is 0 Å². The number of hydrogen-bond acceptors (Lipinski definition) is 2. The molecule has 2 nitrogen and oxygen atoms in total. The zero-order chi connectivity index (χ0) is 15.3. The van der Waals surface area contributed by atoms with Crippen molar-refractivity contribution in [3.63, 3.8) is 0 Å². The molecule has 2 rings (SSSR count). The molecule has 0 aliphatic heterocycles. The molecule has 0 atom stereocenters. The fraction of sp³-hybridized carbons (Fsp3) is 0.684. The van der Waals surface area contributed by atoms with Gasteiger partial charge in [0.15, 0.2) is 0 Å². The number of methoxy groups -OCH3 is 1. The minimum Gasteiger partial charge on any atom is -0.496 e. The Bertz CT molecular complexity index is 445. The van der Waals surface area contributed by atoms with E-state index in [9.17, 15) is 0 Å². The zero-order valence-corrected chi connectivity index (χ0v) is 14.2. The molecule has 21 heavy (non-hydrogen) atoms. The van der Waals surface area contributed by atoms with Crippen LogP contribution in [-0.4, -0.2) is 19.7 Å². The maximum absolute atomic E-state index is 5.56. The van der Waals surface area contributed by atoms with Gasteiger partial charge in [-0.25, -0.2) is 0 Å². The van der Waals surface area contributed by atoms with Crippen LogP contribution in [0.2, 0.25) is 0 Å². The summed E-state index contributed by atoms with van der Waals surface area (Å²) in [5, 5.41) is 3.69. The molecule has 1 aliphatic rings. The fourth-order valence-corrected chi connectivity index (χ4v) is 3.52. The molecule has 0 amide bonds. The summed E-state index contributed by atoms with van der Waals surface area (Å²) < 4.78 is 5.56. The minimum absolute atomic E-state index is 0.280. The van der Waals surface area contributed by atoms with Crippen LogP contribution in [0.3, 0.4) is 0 Å². The van der Waals surface area contributed by atoms with Crippen LogP contribution in [0.15, 0.2) is 18.2 Å². The lowest BCUT2D eigenvalue weighted by molar-refractivity contribution is 0.333. The first kappa shape index (κ1) is 16.4. The van der Waals surface area contributed by atoms with Gasteiger partial charge in [0.25, 0.3) is 0 Å². The standard InChI is InChI=1S/C19H31NO/c1-15(2)20-14-19(11-7-5-6-8-12-19)17-10-9-16(3)18(13-17)21-4/h9-10,13,15,20H,5-8,11-12,14H2,1-4H3. The number of benzene rings is 1. The fourth-order valence-electron chi connectivity index (χ4n) is 3.52. The predicted molar refractivity (Wildman–Crippen MR) is 90.2 cm³/mol. The lowest BCUT2D eigenvalue weighted by Gasteiger charge is -2.35. The quantitative estimate of drug-likeness (QED) is 0.800. The third-order valence-corrected chi connectivity index (χ3v) is 4.93. The van der Waals surface area contributed by atoms with Crippen molar-refractivity contribution in [2.24, 2.45) is 0 Å². The number of hydrogen-bond donors (Lipinski definition) is 1. The normalized spacial score (nSPS) is 18.5. The van der Waals surface area contributed by atoms with Gasteiger partial charge in [-0.05, 0) is 37.0 Å². The summed E-state index contributed by atoms with van der Waals surface area (Å²) >= 11 is 0. The third-order valence-electron chi connectivity index (χ3n) is 4.93. The lowest BCUT2D eigenvalue weighted by Crippen LogP contribution is -2.40. The third kappa shape index (κ3) is 4.00. The molecule has 1 N–H and O–H groups in total. The van der Waals surface area contributed by atoms with E-state index in [0.717, 1.165) is 12.3 Å². The highest BCUT2D eigenvalue weighted by molar-refractivity contribution is 5.40. The van der Waals surface area contributed by atoms with E-state index in [0.29, 0.717) is 6.04 Å². The van der Waals surface area contributed by atoms with Gasteiger partial charge in [0.2, 0.25) is 0 Å². The molecule has 1 saturated carbocycles. The second-order valence-corrected chi connectivity index (χ2v) is 6.91. The highest BCUT2D eigenvalue weighted by Crippen LogP contribution is 2.39. The first-order valence-electron chi connectivity index (χ1n) is 8.46. The minimum atomic E-state index is 0.280. The summed E-state index contributed by atoms with van der Waals surface area (Å²) in [5.41, 5.74) is 2.96. The van der Waals surface area contributed by atoms with Gasteiger partial charge in [-0.1, -0.05) is 51.7 Å². The molecule has 0 radical (unpaired) electrons. The first-order valence-corrected chi connectivity index (χ1v) is 8.46. The van der Waals surface area contributed by atoms with Crippen LogP contribution in [0.1, 0.15) is 63.5 Å². The summed E-state index contributed by atoms with van der Waals surface area (Å²) in [6.45, 7) is 7.67. The van der Waals surface area contributed by atoms with E-state index < -0.39 is 0 Å². The number of ether oxygens (including phenoxy) is 1. The van der Waals surface area contributed by atoms with Crippen LogP contribution >= 0.6 is 0 Å². The van der Waals surface area contributed by atoms with Gasteiger partial charge in [-0.15, -0.1) is 0 Å². The van der Waals surface area contributed by atoms with Crippen LogP contribution in [0.5, 0.6) is 5.75 Å². The molecule has 0 unspecified atom stereocenters. The Morgan fingerprint density at radius 3 is 2.38 bits per heavy atom. The molecule has 0 bridgehead atoms. The van der Waals surface area contributed by atoms with E-state index in [1.165, 1.54) is 49.7 Å². The maximum atomic E-state index is 5.56. The lowest BCUT2D eigenvalue weighted by atomic mass is 9.73. The molecule has 0 spiro atoms. The van der Waals surface area contributed by atoms with Crippen molar-refractivity contribution >= 4 is 0 Å². The average molecular weight is 289 g/mol. The van der Waals surface area contributed by atoms with E-state index in [2.05, 4.69) is 44.3 Å². The van der Waals surface area contributed by atoms with Crippen LogP contribution in [0, 0.1) is 6.92 Å². The van der Waals surface area contributed by atoms with Gasteiger partial charge in [0, 0.05) is 18.0 Å². The second kappa shape index (κ2) is 7.31. The smallest absolute Gasteiger partial charge is 0.122 e. The van der Waals surface area contributed by atoms with Crippen molar-refractivity contribution in [1.82, 2.24) is 5.32 Å². The molecule has 0 aromatic heterocycles.